The number of halogens is 1. The fraction of sp³-hybridized carbons (Fsp3) is 0.273. The molecule has 0 spiro atoms. The quantitative estimate of drug-likeness (QED) is 0.848. The van der Waals surface area contributed by atoms with Gasteiger partial charge in [0.15, 0.2) is 0 Å². The molecule has 16 heavy (non-hydrogen) atoms. The first-order chi connectivity index (χ1) is 7.79. The highest BCUT2D eigenvalue weighted by molar-refractivity contribution is 5.57. The Kier molecular flexibility index (Phi) is 3.26. The first kappa shape index (κ1) is 10.8. The second-order valence-corrected chi connectivity index (χ2v) is 3.52. The average Bonchev–Trinajstić information content (AvgIpc) is 2.76. The Morgan fingerprint density at radius 3 is 2.69 bits per heavy atom. The van der Waals surface area contributed by atoms with Crippen LogP contribution in [0.1, 0.15) is 6.42 Å². The Morgan fingerprint density at radius 2 is 2.00 bits per heavy atom. The lowest BCUT2D eigenvalue weighted by Gasteiger charge is -1.96. The molecule has 2 aromatic rings. The number of aromatic nitrogens is 3. The van der Waals surface area contributed by atoms with E-state index in [9.17, 15) is 4.39 Å². The SMILES string of the molecule is NCCCn1cc(-c2ccc(F)cc2)nn1. The molecule has 0 radical (unpaired) electrons. The molecular formula is C11H13FN4. The highest BCUT2D eigenvalue weighted by atomic mass is 19.1. The first-order valence-corrected chi connectivity index (χ1v) is 5.16. The molecule has 5 heteroatoms. The van der Waals surface area contributed by atoms with Gasteiger partial charge in [-0.05, 0) is 37.2 Å². The van der Waals surface area contributed by atoms with Crippen molar-refractivity contribution in [2.24, 2.45) is 5.73 Å². The normalized spacial score (nSPS) is 10.6. The van der Waals surface area contributed by atoms with Crippen LogP contribution in [0.2, 0.25) is 0 Å². The predicted octanol–water partition coefficient (Wildman–Crippen LogP) is 1.43. The van der Waals surface area contributed by atoms with Crippen LogP contribution in [0.4, 0.5) is 4.39 Å². The molecule has 0 fully saturated rings. The molecule has 0 unspecified atom stereocenters. The maximum absolute atomic E-state index is 12.7. The molecule has 1 heterocycles. The molecule has 2 N–H and O–H groups in total. The van der Waals surface area contributed by atoms with Gasteiger partial charge in [-0.15, -0.1) is 5.10 Å². The number of benzene rings is 1. The van der Waals surface area contributed by atoms with Gasteiger partial charge in [0.25, 0.3) is 0 Å². The lowest BCUT2D eigenvalue weighted by molar-refractivity contribution is 0.564. The third-order valence-corrected chi connectivity index (χ3v) is 2.27. The predicted molar refractivity (Wildman–Crippen MR) is 59.1 cm³/mol. The van der Waals surface area contributed by atoms with E-state index in [0.29, 0.717) is 6.54 Å². The van der Waals surface area contributed by atoms with E-state index < -0.39 is 0 Å². The minimum absolute atomic E-state index is 0.251. The van der Waals surface area contributed by atoms with Crippen molar-refractivity contribution in [3.63, 3.8) is 0 Å². The number of aryl methyl sites for hydroxylation is 1. The minimum Gasteiger partial charge on any atom is -0.330 e. The summed E-state index contributed by atoms with van der Waals surface area (Å²) < 4.78 is 14.5. The van der Waals surface area contributed by atoms with Crippen molar-refractivity contribution in [3.05, 3.63) is 36.3 Å². The van der Waals surface area contributed by atoms with E-state index in [1.807, 2.05) is 6.20 Å². The average molecular weight is 220 g/mol. The van der Waals surface area contributed by atoms with E-state index in [1.54, 1.807) is 16.8 Å². The van der Waals surface area contributed by atoms with Gasteiger partial charge < -0.3 is 5.73 Å². The molecular weight excluding hydrogens is 207 g/mol. The highest BCUT2D eigenvalue weighted by Crippen LogP contribution is 2.16. The van der Waals surface area contributed by atoms with Crippen molar-refractivity contribution in [3.8, 4) is 11.3 Å². The number of nitrogens with zero attached hydrogens (tertiary/aromatic N) is 3. The Hall–Kier alpha value is -1.75. The van der Waals surface area contributed by atoms with Gasteiger partial charge >= 0.3 is 0 Å². The van der Waals surface area contributed by atoms with Crippen LogP contribution in [0.3, 0.4) is 0 Å². The van der Waals surface area contributed by atoms with E-state index in [2.05, 4.69) is 10.3 Å². The summed E-state index contributed by atoms with van der Waals surface area (Å²) in [6.45, 7) is 1.39. The molecule has 4 nitrogen and oxygen atoms in total. The van der Waals surface area contributed by atoms with Crippen LogP contribution in [-0.2, 0) is 6.54 Å². The van der Waals surface area contributed by atoms with Gasteiger partial charge in [0.05, 0.1) is 6.20 Å². The van der Waals surface area contributed by atoms with Crippen molar-refractivity contribution in [1.29, 1.82) is 0 Å². The Bertz CT molecular complexity index is 449. The van der Waals surface area contributed by atoms with Crippen molar-refractivity contribution < 1.29 is 4.39 Å². The van der Waals surface area contributed by atoms with Gasteiger partial charge in [0.2, 0.25) is 0 Å². The molecule has 0 aliphatic heterocycles. The second-order valence-electron chi connectivity index (χ2n) is 3.52. The van der Waals surface area contributed by atoms with E-state index >= 15 is 0 Å². The van der Waals surface area contributed by atoms with E-state index in [4.69, 9.17) is 5.73 Å². The van der Waals surface area contributed by atoms with Crippen molar-refractivity contribution in [2.45, 2.75) is 13.0 Å². The first-order valence-electron chi connectivity index (χ1n) is 5.16. The molecule has 0 atom stereocenters. The zero-order valence-electron chi connectivity index (χ0n) is 8.81. The fourth-order valence-corrected chi connectivity index (χ4v) is 1.41. The number of rotatable bonds is 4. The minimum atomic E-state index is -0.251. The van der Waals surface area contributed by atoms with Crippen LogP contribution in [0.5, 0.6) is 0 Å². The summed E-state index contributed by atoms with van der Waals surface area (Å²) in [6.07, 6.45) is 2.70. The van der Waals surface area contributed by atoms with Gasteiger partial charge in [0.1, 0.15) is 11.5 Å². The Balaban J connectivity index is 2.15. The summed E-state index contributed by atoms with van der Waals surface area (Å²) >= 11 is 0. The molecule has 0 saturated heterocycles. The van der Waals surface area contributed by atoms with Crippen LogP contribution in [0.15, 0.2) is 30.5 Å². The van der Waals surface area contributed by atoms with Gasteiger partial charge in [-0.3, -0.25) is 4.68 Å². The van der Waals surface area contributed by atoms with E-state index in [1.165, 1.54) is 12.1 Å². The summed E-state index contributed by atoms with van der Waals surface area (Å²) in [7, 11) is 0. The van der Waals surface area contributed by atoms with Crippen LogP contribution < -0.4 is 5.73 Å². The Labute approximate surface area is 92.9 Å². The van der Waals surface area contributed by atoms with Crippen molar-refractivity contribution in [2.75, 3.05) is 6.54 Å². The lowest BCUT2D eigenvalue weighted by atomic mass is 10.2. The summed E-state index contributed by atoms with van der Waals surface area (Å²) in [5.74, 6) is -0.251. The molecule has 2 rings (SSSR count). The van der Waals surface area contributed by atoms with Crippen LogP contribution in [0.25, 0.3) is 11.3 Å². The number of nitrogens with two attached hydrogens (primary N) is 1. The maximum Gasteiger partial charge on any atom is 0.123 e. The zero-order chi connectivity index (χ0) is 11.4. The molecule has 0 amide bonds. The smallest absolute Gasteiger partial charge is 0.123 e. The van der Waals surface area contributed by atoms with Crippen LogP contribution in [-0.4, -0.2) is 21.5 Å². The van der Waals surface area contributed by atoms with E-state index in [0.717, 1.165) is 24.2 Å². The highest BCUT2D eigenvalue weighted by Gasteiger charge is 2.03. The molecule has 0 aliphatic rings. The topological polar surface area (TPSA) is 56.7 Å². The summed E-state index contributed by atoms with van der Waals surface area (Å²) in [4.78, 5) is 0. The Morgan fingerprint density at radius 1 is 1.25 bits per heavy atom. The van der Waals surface area contributed by atoms with Gasteiger partial charge in [-0.2, -0.15) is 0 Å². The summed E-state index contributed by atoms with van der Waals surface area (Å²) in [5.41, 5.74) is 7.02. The van der Waals surface area contributed by atoms with Gasteiger partial charge in [-0.25, -0.2) is 4.39 Å². The molecule has 84 valence electrons. The van der Waals surface area contributed by atoms with Crippen LogP contribution >= 0.6 is 0 Å². The van der Waals surface area contributed by atoms with Crippen molar-refractivity contribution in [1.82, 2.24) is 15.0 Å². The molecule has 1 aromatic carbocycles. The maximum atomic E-state index is 12.7. The molecule has 0 aliphatic carbocycles. The number of hydrogen-bond acceptors (Lipinski definition) is 3. The molecule has 0 bridgehead atoms. The second kappa shape index (κ2) is 4.85. The monoisotopic (exact) mass is 220 g/mol. The summed E-state index contributed by atoms with van der Waals surface area (Å²) in [5, 5.41) is 7.99. The molecule has 0 saturated carbocycles. The largest absolute Gasteiger partial charge is 0.330 e. The van der Waals surface area contributed by atoms with Gasteiger partial charge in [0, 0.05) is 12.1 Å². The zero-order valence-corrected chi connectivity index (χ0v) is 8.81. The lowest BCUT2D eigenvalue weighted by Crippen LogP contribution is -2.06. The van der Waals surface area contributed by atoms with Gasteiger partial charge in [-0.1, -0.05) is 5.21 Å². The van der Waals surface area contributed by atoms with Crippen LogP contribution in [0, 0.1) is 5.82 Å². The summed E-state index contributed by atoms with van der Waals surface area (Å²) in [6, 6.07) is 6.20. The third kappa shape index (κ3) is 2.43. The van der Waals surface area contributed by atoms with Crippen molar-refractivity contribution >= 4 is 0 Å². The number of hydrogen-bond donors (Lipinski definition) is 1. The molecule has 1 aromatic heterocycles. The fourth-order valence-electron chi connectivity index (χ4n) is 1.41. The van der Waals surface area contributed by atoms with E-state index in [-0.39, 0.29) is 5.82 Å². The third-order valence-electron chi connectivity index (χ3n) is 2.27. The standard InChI is InChI=1S/C11H13FN4/c12-10-4-2-9(3-5-10)11-8-16(15-14-11)7-1-6-13/h2-5,8H,1,6-7,13H2.